The number of aliphatic hydroxyl groups is 5. The minimum Gasteiger partial charge on any atom is -0.394 e. The van der Waals surface area contributed by atoms with Crippen molar-refractivity contribution in [2.45, 2.75) is 58.0 Å². The van der Waals surface area contributed by atoms with Crippen LogP contribution in [0.4, 0.5) is 0 Å². The fraction of sp³-hybridized carbons (Fsp3) is 0.556. The van der Waals surface area contributed by atoms with E-state index >= 15 is 0 Å². The Morgan fingerprint density at radius 2 is 1.63 bits per heavy atom. The van der Waals surface area contributed by atoms with Crippen molar-refractivity contribution in [2.75, 3.05) is 20.2 Å². The molecule has 3 rings (SSSR count). The molecule has 1 amide bonds. The molecule has 8 heteroatoms. The third kappa shape index (κ3) is 5.13. The summed E-state index contributed by atoms with van der Waals surface area (Å²) in [7, 11) is 1.43. The van der Waals surface area contributed by atoms with Gasteiger partial charge in [0.2, 0.25) is 5.91 Å². The molecule has 2 fully saturated rings. The number of amides is 1. The molecule has 1 aromatic rings. The van der Waals surface area contributed by atoms with Crippen LogP contribution in [0.15, 0.2) is 35.9 Å². The molecular weight excluding hydrogens is 450 g/mol. The van der Waals surface area contributed by atoms with Gasteiger partial charge in [-0.1, -0.05) is 45.0 Å². The summed E-state index contributed by atoms with van der Waals surface area (Å²) < 4.78 is 0. The van der Waals surface area contributed by atoms with Gasteiger partial charge in [-0.2, -0.15) is 0 Å². The van der Waals surface area contributed by atoms with E-state index in [-0.39, 0.29) is 29.1 Å². The topological polar surface area (TPSA) is 139 Å². The third-order valence-electron chi connectivity index (χ3n) is 8.23. The molecule has 5 N–H and O–H groups in total. The van der Waals surface area contributed by atoms with Crippen LogP contribution in [-0.4, -0.2) is 86.7 Å². The van der Waals surface area contributed by atoms with Crippen LogP contribution in [0, 0.1) is 16.7 Å². The van der Waals surface area contributed by atoms with Crippen LogP contribution in [0.5, 0.6) is 0 Å². The number of carbonyl (C=O) groups is 2. The van der Waals surface area contributed by atoms with Gasteiger partial charge in [-0.3, -0.25) is 9.59 Å². The number of benzene rings is 1. The average molecular weight is 488 g/mol. The monoisotopic (exact) mass is 487 g/mol. The molecule has 2 bridgehead atoms. The van der Waals surface area contributed by atoms with Gasteiger partial charge in [0.05, 0.1) is 6.61 Å². The third-order valence-corrected chi connectivity index (χ3v) is 8.23. The lowest BCUT2D eigenvalue weighted by Crippen LogP contribution is -2.49. The van der Waals surface area contributed by atoms with Crippen LogP contribution in [-0.2, 0) is 9.59 Å². The van der Waals surface area contributed by atoms with Gasteiger partial charge in [0.15, 0.2) is 5.78 Å². The zero-order valence-corrected chi connectivity index (χ0v) is 20.8. The summed E-state index contributed by atoms with van der Waals surface area (Å²) in [5.74, 6) is -0.0824. The van der Waals surface area contributed by atoms with Crippen LogP contribution in [0.3, 0.4) is 0 Å². The second kappa shape index (κ2) is 10.3. The Bertz CT molecular complexity index is 999. The van der Waals surface area contributed by atoms with Crippen molar-refractivity contribution < 1.29 is 35.1 Å². The molecule has 0 aromatic heterocycles. The molecule has 8 nitrogen and oxygen atoms in total. The maximum Gasteiger partial charge on any atom is 0.246 e. The van der Waals surface area contributed by atoms with Gasteiger partial charge < -0.3 is 30.4 Å². The minimum atomic E-state index is -1.74. The van der Waals surface area contributed by atoms with Crippen molar-refractivity contribution >= 4 is 23.8 Å². The number of rotatable bonds is 9. The van der Waals surface area contributed by atoms with Gasteiger partial charge in [0.1, 0.15) is 24.4 Å². The van der Waals surface area contributed by atoms with E-state index in [0.717, 1.165) is 29.5 Å². The van der Waals surface area contributed by atoms with E-state index in [4.69, 9.17) is 5.11 Å². The molecule has 35 heavy (non-hydrogen) atoms. The normalized spacial score (nSPS) is 27.9. The number of Topliss-reactive ketones (excluding diaryl/α,β-unsaturated/α-hetero) is 1. The van der Waals surface area contributed by atoms with Gasteiger partial charge in [-0.25, -0.2) is 0 Å². The number of nitrogens with zero attached hydrogens (tertiary/aromatic N) is 1. The predicted octanol–water partition coefficient (Wildman–Crippen LogP) is 1.00. The SMILES string of the molecule is CN(C[C@H](O)[C@@H](O)[C@H](O)[C@H](O)CO)C(=O)/C=C/c1ccc(/C=C2/C(=O)C3CCC2(C)C3(C)C)cc1. The second-order valence-corrected chi connectivity index (χ2v) is 10.6. The maximum atomic E-state index is 12.9. The zero-order valence-electron chi connectivity index (χ0n) is 20.8. The van der Waals surface area contributed by atoms with Crippen LogP contribution in [0.2, 0.25) is 0 Å². The predicted molar refractivity (Wildman–Crippen MR) is 132 cm³/mol. The summed E-state index contributed by atoms with van der Waals surface area (Å²) in [5.41, 5.74) is 2.46. The van der Waals surface area contributed by atoms with Crippen molar-refractivity contribution in [3.05, 3.63) is 47.0 Å². The van der Waals surface area contributed by atoms with Gasteiger partial charge in [0, 0.05) is 36.6 Å². The van der Waals surface area contributed by atoms with Crippen molar-refractivity contribution in [1.82, 2.24) is 4.90 Å². The van der Waals surface area contributed by atoms with Crippen molar-refractivity contribution in [2.24, 2.45) is 16.7 Å². The Labute approximate surface area is 206 Å². The van der Waals surface area contributed by atoms with Gasteiger partial charge in [0.25, 0.3) is 0 Å². The van der Waals surface area contributed by atoms with Crippen LogP contribution in [0.1, 0.15) is 44.7 Å². The number of hydrogen-bond acceptors (Lipinski definition) is 7. The smallest absolute Gasteiger partial charge is 0.246 e. The number of fused-ring (bicyclic) bond motifs is 2. The van der Waals surface area contributed by atoms with E-state index < -0.39 is 36.9 Å². The van der Waals surface area contributed by atoms with Gasteiger partial charge in [-0.05, 0) is 41.5 Å². The summed E-state index contributed by atoms with van der Waals surface area (Å²) in [5, 5.41) is 47.9. The quantitative estimate of drug-likeness (QED) is 0.328. The molecule has 0 heterocycles. The summed E-state index contributed by atoms with van der Waals surface area (Å²) in [4.78, 5) is 26.5. The maximum absolute atomic E-state index is 12.9. The fourth-order valence-corrected chi connectivity index (χ4v) is 5.34. The number of allylic oxidation sites excluding steroid dienone is 1. The van der Waals surface area contributed by atoms with E-state index in [9.17, 15) is 30.0 Å². The first-order chi connectivity index (χ1) is 16.3. The molecule has 0 spiro atoms. The highest BCUT2D eigenvalue weighted by atomic mass is 16.4. The molecule has 0 aliphatic heterocycles. The van der Waals surface area contributed by atoms with Gasteiger partial charge >= 0.3 is 0 Å². The summed E-state index contributed by atoms with van der Waals surface area (Å²) in [6.07, 6.45) is 0.323. The second-order valence-electron chi connectivity index (χ2n) is 10.6. The van der Waals surface area contributed by atoms with E-state index in [1.165, 1.54) is 18.0 Å². The number of carbonyl (C=O) groups excluding carboxylic acids is 2. The van der Waals surface area contributed by atoms with E-state index in [1.54, 1.807) is 6.08 Å². The molecular formula is C27H37NO7. The lowest BCUT2D eigenvalue weighted by molar-refractivity contribution is -0.134. The fourth-order valence-electron chi connectivity index (χ4n) is 5.34. The molecule has 2 unspecified atom stereocenters. The van der Waals surface area contributed by atoms with E-state index in [2.05, 4.69) is 20.8 Å². The highest BCUT2D eigenvalue weighted by Crippen LogP contribution is 2.66. The molecule has 2 aliphatic rings. The zero-order chi connectivity index (χ0) is 26.1. The van der Waals surface area contributed by atoms with E-state index in [0.29, 0.717) is 0 Å². The number of aliphatic hydroxyl groups excluding tert-OH is 5. The first-order valence-electron chi connectivity index (χ1n) is 12.0. The number of ketones is 1. The van der Waals surface area contributed by atoms with Gasteiger partial charge in [-0.15, -0.1) is 0 Å². The summed E-state index contributed by atoms with van der Waals surface area (Å²) in [6, 6.07) is 7.52. The van der Waals surface area contributed by atoms with Crippen molar-refractivity contribution in [3.8, 4) is 0 Å². The van der Waals surface area contributed by atoms with Crippen molar-refractivity contribution in [1.29, 1.82) is 0 Å². The summed E-state index contributed by atoms with van der Waals surface area (Å²) in [6.45, 7) is 5.51. The number of hydrogen-bond donors (Lipinski definition) is 5. The van der Waals surface area contributed by atoms with Crippen LogP contribution >= 0.6 is 0 Å². The lowest BCUT2D eigenvalue weighted by Gasteiger charge is -2.34. The molecule has 1 aromatic carbocycles. The van der Waals surface area contributed by atoms with Crippen LogP contribution in [0.25, 0.3) is 12.2 Å². The Morgan fingerprint density at radius 1 is 1.06 bits per heavy atom. The lowest BCUT2D eigenvalue weighted by atomic mass is 9.69. The molecule has 0 saturated heterocycles. The Morgan fingerprint density at radius 3 is 2.17 bits per heavy atom. The molecule has 6 atom stereocenters. The number of likely N-dealkylation sites (N-methyl/N-ethyl adjacent to an activating group) is 1. The average Bonchev–Trinajstić information content (AvgIpc) is 3.14. The standard InChI is InChI=1S/C27H37NO7/c1-26(2)18-11-12-27(26,3)19(23(18)33)13-17-7-5-16(6-8-17)9-10-22(32)28(4)14-20(30)24(34)25(35)21(31)15-29/h5-10,13,18,20-21,24-25,29-31,34-35H,11-12,14-15H2,1-4H3/b10-9+,19-13-/t18?,20-,21+,24+,25+,27?/m0/s1. The summed E-state index contributed by atoms with van der Waals surface area (Å²) >= 11 is 0. The van der Waals surface area contributed by atoms with Crippen molar-refractivity contribution in [3.63, 3.8) is 0 Å². The first kappa shape index (κ1) is 27.2. The highest BCUT2D eigenvalue weighted by molar-refractivity contribution is 6.06. The Hall–Kier alpha value is -2.36. The molecule has 2 saturated carbocycles. The first-order valence-corrected chi connectivity index (χ1v) is 12.0. The van der Waals surface area contributed by atoms with Crippen LogP contribution < -0.4 is 0 Å². The molecule has 0 radical (unpaired) electrons. The minimum absolute atomic E-state index is 0.0364. The van der Waals surface area contributed by atoms with E-state index in [1.807, 2.05) is 30.3 Å². The Balaban J connectivity index is 1.61. The molecule has 192 valence electrons. The Kier molecular flexibility index (Phi) is 8.03. The highest BCUT2D eigenvalue weighted by Gasteiger charge is 2.63. The molecule has 2 aliphatic carbocycles. The largest absolute Gasteiger partial charge is 0.394 e.